The summed E-state index contributed by atoms with van der Waals surface area (Å²) in [6.45, 7) is 4.61. The molecule has 0 radical (unpaired) electrons. The zero-order valence-corrected chi connectivity index (χ0v) is 16.2. The van der Waals surface area contributed by atoms with E-state index in [2.05, 4.69) is 20.2 Å². The summed E-state index contributed by atoms with van der Waals surface area (Å²) in [6.07, 6.45) is 3.11. The van der Waals surface area contributed by atoms with Gasteiger partial charge in [0.05, 0.1) is 5.56 Å². The van der Waals surface area contributed by atoms with Crippen molar-refractivity contribution in [3.05, 3.63) is 77.9 Å². The monoisotopic (exact) mass is 391 g/mol. The van der Waals surface area contributed by atoms with Crippen LogP contribution in [-0.4, -0.2) is 47.0 Å². The number of carbonyl (C=O) groups excluding carboxylic acids is 1. The van der Waals surface area contributed by atoms with Gasteiger partial charge in [0.25, 0.3) is 5.91 Å². The van der Waals surface area contributed by atoms with Crippen molar-refractivity contribution in [1.82, 2.24) is 14.9 Å². The smallest absolute Gasteiger partial charge is 0.257 e. The number of anilines is 3. The highest BCUT2D eigenvalue weighted by molar-refractivity contribution is 5.94. The van der Waals surface area contributed by atoms with Gasteiger partial charge in [-0.15, -0.1) is 0 Å². The maximum atomic E-state index is 13.1. The quantitative estimate of drug-likeness (QED) is 0.736. The SMILES string of the molecule is Cc1cccc(Nc2ncc(C(=O)N3CCN(c4ccc(F)cc4)CC3)cn2)c1. The maximum absolute atomic E-state index is 13.1. The molecule has 0 aliphatic carbocycles. The van der Waals surface area contributed by atoms with Crippen molar-refractivity contribution in [1.29, 1.82) is 0 Å². The largest absolute Gasteiger partial charge is 0.368 e. The third-order valence-corrected chi connectivity index (χ3v) is 4.93. The molecule has 1 aliphatic heterocycles. The van der Waals surface area contributed by atoms with E-state index in [1.165, 1.54) is 12.1 Å². The molecule has 2 heterocycles. The molecule has 0 bridgehead atoms. The van der Waals surface area contributed by atoms with Crippen molar-refractivity contribution in [3.8, 4) is 0 Å². The molecule has 1 fully saturated rings. The van der Waals surface area contributed by atoms with E-state index < -0.39 is 0 Å². The first-order chi connectivity index (χ1) is 14.1. The predicted molar refractivity (Wildman–Crippen MR) is 111 cm³/mol. The summed E-state index contributed by atoms with van der Waals surface area (Å²) in [7, 11) is 0. The van der Waals surface area contributed by atoms with Gasteiger partial charge in [0.15, 0.2) is 0 Å². The summed E-state index contributed by atoms with van der Waals surface area (Å²) in [4.78, 5) is 25.3. The predicted octanol–water partition coefficient (Wildman–Crippen LogP) is 3.63. The molecule has 29 heavy (non-hydrogen) atoms. The van der Waals surface area contributed by atoms with Crippen LogP contribution in [0.2, 0.25) is 0 Å². The van der Waals surface area contributed by atoms with Gasteiger partial charge < -0.3 is 15.1 Å². The van der Waals surface area contributed by atoms with Crippen LogP contribution in [0.5, 0.6) is 0 Å². The Morgan fingerprint density at radius 3 is 2.34 bits per heavy atom. The van der Waals surface area contributed by atoms with E-state index in [0.29, 0.717) is 37.7 Å². The molecule has 1 saturated heterocycles. The highest BCUT2D eigenvalue weighted by atomic mass is 19.1. The van der Waals surface area contributed by atoms with Crippen molar-refractivity contribution < 1.29 is 9.18 Å². The highest BCUT2D eigenvalue weighted by Crippen LogP contribution is 2.18. The summed E-state index contributed by atoms with van der Waals surface area (Å²) in [6, 6.07) is 14.4. The van der Waals surface area contributed by atoms with Gasteiger partial charge in [0.2, 0.25) is 5.95 Å². The Hall–Kier alpha value is -3.48. The molecule has 0 unspecified atom stereocenters. The summed E-state index contributed by atoms with van der Waals surface area (Å²) in [5, 5.41) is 3.14. The number of piperazine rings is 1. The maximum Gasteiger partial charge on any atom is 0.257 e. The lowest BCUT2D eigenvalue weighted by atomic mass is 10.2. The Labute approximate surface area is 169 Å². The topological polar surface area (TPSA) is 61.4 Å². The van der Waals surface area contributed by atoms with Crippen LogP contribution in [0, 0.1) is 12.7 Å². The van der Waals surface area contributed by atoms with E-state index in [9.17, 15) is 9.18 Å². The molecule has 148 valence electrons. The van der Waals surface area contributed by atoms with Crippen molar-refractivity contribution in [2.75, 3.05) is 36.4 Å². The fourth-order valence-corrected chi connectivity index (χ4v) is 3.36. The van der Waals surface area contributed by atoms with E-state index in [-0.39, 0.29) is 11.7 Å². The molecule has 0 spiro atoms. The summed E-state index contributed by atoms with van der Waals surface area (Å²) in [5.41, 5.74) is 3.48. The number of nitrogens with zero attached hydrogens (tertiary/aromatic N) is 4. The first-order valence-corrected chi connectivity index (χ1v) is 9.54. The van der Waals surface area contributed by atoms with Crippen LogP contribution in [-0.2, 0) is 0 Å². The van der Waals surface area contributed by atoms with Crippen LogP contribution in [0.25, 0.3) is 0 Å². The number of rotatable bonds is 4. The second-order valence-electron chi connectivity index (χ2n) is 7.05. The number of aryl methyl sites for hydroxylation is 1. The number of amides is 1. The van der Waals surface area contributed by atoms with E-state index >= 15 is 0 Å². The Kier molecular flexibility index (Phi) is 5.37. The van der Waals surface area contributed by atoms with Crippen molar-refractivity contribution >= 4 is 23.2 Å². The molecule has 3 aromatic rings. The first-order valence-electron chi connectivity index (χ1n) is 9.54. The number of hydrogen-bond donors (Lipinski definition) is 1. The van der Waals surface area contributed by atoms with Gasteiger partial charge in [-0.05, 0) is 48.9 Å². The van der Waals surface area contributed by atoms with E-state index in [4.69, 9.17) is 0 Å². The van der Waals surface area contributed by atoms with Crippen LogP contribution in [0.1, 0.15) is 15.9 Å². The second kappa shape index (κ2) is 8.26. The van der Waals surface area contributed by atoms with Gasteiger partial charge in [-0.1, -0.05) is 12.1 Å². The lowest BCUT2D eigenvalue weighted by Gasteiger charge is -2.36. The number of halogens is 1. The van der Waals surface area contributed by atoms with Gasteiger partial charge in [0, 0.05) is 49.9 Å². The Bertz CT molecular complexity index is 983. The van der Waals surface area contributed by atoms with Gasteiger partial charge in [0.1, 0.15) is 5.82 Å². The zero-order chi connectivity index (χ0) is 20.2. The number of hydrogen-bond acceptors (Lipinski definition) is 5. The summed E-state index contributed by atoms with van der Waals surface area (Å²) in [5.74, 6) is 0.127. The zero-order valence-electron chi connectivity index (χ0n) is 16.2. The molecule has 2 aromatic carbocycles. The van der Waals surface area contributed by atoms with Crippen LogP contribution in [0.4, 0.5) is 21.7 Å². The highest BCUT2D eigenvalue weighted by Gasteiger charge is 2.23. The van der Waals surface area contributed by atoms with E-state index in [1.807, 2.05) is 31.2 Å². The van der Waals surface area contributed by atoms with Gasteiger partial charge in [-0.2, -0.15) is 0 Å². The molecular weight excluding hydrogens is 369 g/mol. The molecule has 0 atom stereocenters. The van der Waals surface area contributed by atoms with Gasteiger partial charge >= 0.3 is 0 Å². The standard InChI is InChI=1S/C22H22FN5O/c1-16-3-2-4-19(13-16)26-22-24-14-17(15-25-22)21(29)28-11-9-27(10-12-28)20-7-5-18(23)6-8-20/h2-8,13-15H,9-12H2,1H3,(H,24,25,26). The fraction of sp³-hybridized carbons (Fsp3) is 0.227. The molecular formula is C22H22FN5O. The van der Waals surface area contributed by atoms with Crippen molar-refractivity contribution in [2.24, 2.45) is 0 Å². The van der Waals surface area contributed by atoms with Crippen molar-refractivity contribution in [3.63, 3.8) is 0 Å². The number of carbonyl (C=O) groups is 1. The molecule has 4 rings (SSSR count). The van der Waals surface area contributed by atoms with E-state index in [0.717, 1.165) is 16.9 Å². The minimum atomic E-state index is -0.247. The third-order valence-electron chi connectivity index (χ3n) is 4.93. The van der Waals surface area contributed by atoms with Gasteiger partial charge in [-0.3, -0.25) is 4.79 Å². The average molecular weight is 391 g/mol. The minimum Gasteiger partial charge on any atom is -0.368 e. The molecule has 1 aromatic heterocycles. The fourth-order valence-electron chi connectivity index (χ4n) is 3.36. The third kappa shape index (κ3) is 4.51. The number of benzene rings is 2. The normalized spacial score (nSPS) is 14.0. The molecule has 1 aliphatic rings. The van der Waals surface area contributed by atoms with Crippen LogP contribution in [0.3, 0.4) is 0 Å². The minimum absolute atomic E-state index is 0.0779. The van der Waals surface area contributed by atoms with E-state index in [1.54, 1.807) is 29.4 Å². The Balaban J connectivity index is 1.35. The lowest BCUT2D eigenvalue weighted by Crippen LogP contribution is -2.48. The molecule has 6 nitrogen and oxygen atoms in total. The summed E-state index contributed by atoms with van der Waals surface area (Å²) < 4.78 is 13.1. The molecule has 0 saturated carbocycles. The van der Waals surface area contributed by atoms with Crippen LogP contribution in [0.15, 0.2) is 60.9 Å². The summed E-state index contributed by atoms with van der Waals surface area (Å²) >= 11 is 0. The lowest BCUT2D eigenvalue weighted by molar-refractivity contribution is 0.0746. The van der Waals surface area contributed by atoms with Crippen LogP contribution >= 0.6 is 0 Å². The number of aromatic nitrogens is 2. The second-order valence-corrected chi connectivity index (χ2v) is 7.05. The Morgan fingerprint density at radius 1 is 1.00 bits per heavy atom. The van der Waals surface area contributed by atoms with Gasteiger partial charge in [-0.25, -0.2) is 14.4 Å². The molecule has 1 N–H and O–H groups in total. The van der Waals surface area contributed by atoms with Crippen molar-refractivity contribution in [2.45, 2.75) is 6.92 Å². The molecule has 7 heteroatoms. The Morgan fingerprint density at radius 2 is 1.69 bits per heavy atom. The first kappa shape index (κ1) is 18.9. The average Bonchev–Trinajstić information content (AvgIpc) is 2.75. The molecule has 1 amide bonds. The van der Waals surface area contributed by atoms with Crippen LogP contribution < -0.4 is 10.2 Å². The number of nitrogens with one attached hydrogen (secondary N) is 1.